The van der Waals surface area contributed by atoms with Gasteiger partial charge in [-0.2, -0.15) is 0 Å². The van der Waals surface area contributed by atoms with Gasteiger partial charge in [-0.1, -0.05) is 259 Å². The Bertz CT molecular complexity index is 1850. The molecule has 2 aromatic rings. The third-order valence-corrected chi connectivity index (χ3v) is 21.2. The van der Waals surface area contributed by atoms with E-state index in [1.807, 2.05) is 0 Å². The van der Waals surface area contributed by atoms with Crippen molar-refractivity contribution in [3.05, 3.63) is 87.0 Å². The maximum absolute atomic E-state index is 11.6. The minimum absolute atomic E-state index is 0.913. The fraction of sp³-hybridized carbons (Fsp3) is 0.816. The van der Waals surface area contributed by atoms with E-state index in [1.165, 1.54) is 410 Å². The van der Waals surface area contributed by atoms with Crippen molar-refractivity contribution in [2.75, 3.05) is 0 Å². The van der Waals surface area contributed by atoms with Gasteiger partial charge < -0.3 is 5.53 Å². The van der Waals surface area contributed by atoms with Gasteiger partial charge in [-0.05, 0) is 105 Å². The molecular formula is C87H156N2Ni. The van der Waals surface area contributed by atoms with Gasteiger partial charge in [0.25, 0.3) is 0 Å². The van der Waals surface area contributed by atoms with E-state index in [0.717, 1.165) is 53.8 Å². The molecule has 0 aromatic heterocycles. The smallest absolute Gasteiger partial charge is 0.493 e. The Morgan fingerprint density at radius 2 is 0.467 bits per heavy atom. The molecule has 524 valence electrons. The SMILES string of the molecule is CCCCCCCCCCCCCCCCCCCCCCCC[CH2][Ni][CH2]CCCCCCCCCCCCCCCCCCCCCCCC.CCCCCCc1cc(CCCCCC)cc(C2=C(C)C=C(c3cc(CCCC)cc(CCCC)c3)[N+]2=[N-])c1. The predicted octanol–water partition coefficient (Wildman–Crippen LogP) is 31.3. The predicted molar refractivity (Wildman–Crippen MR) is 403 cm³/mol. The van der Waals surface area contributed by atoms with Gasteiger partial charge in [0.2, 0.25) is 11.4 Å². The van der Waals surface area contributed by atoms with Crippen molar-refractivity contribution in [3.63, 3.8) is 0 Å². The van der Waals surface area contributed by atoms with Crippen LogP contribution in [-0.4, -0.2) is 4.70 Å². The van der Waals surface area contributed by atoms with Crippen molar-refractivity contribution in [2.45, 2.75) is 457 Å². The summed E-state index contributed by atoms with van der Waals surface area (Å²) < 4.78 is 1.48. The van der Waals surface area contributed by atoms with Crippen molar-refractivity contribution < 1.29 is 19.1 Å². The molecule has 1 aliphatic heterocycles. The molecule has 90 heavy (non-hydrogen) atoms. The molecule has 0 atom stereocenters. The zero-order chi connectivity index (χ0) is 64.7. The maximum atomic E-state index is 11.6. The fourth-order valence-electron chi connectivity index (χ4n) is 13.8. The summed E-state index contributed by atoms with van der Waals surface area (Å²) in [5.41, 5.74) is 22.6. The second kappa shape index (κ2) is 64.4. The van der Waals surface area contributed by atoms with E-state index in [2.05, 4.69) is 105 Å². The summed E-state index contributed by atoms with van der Waals surface area (Å²) in [6.07, 6.45) is 89.8. The van der Waals surface area contributed by atoms with Crippen LogP contribution in [0.3, 0.4) is 0 Å². The first-order valence-electron chi connectivity index (χ1n) is 41.0. The molecule has 1 heterocycles. The summed E-state index contributed by atoms with van der Waals surface area (Å²) in [5, 5.41) is 2.87. The van der Waals surface area contributed by atoms with Crippen LogP contribution in [0.4, 0.5) is 0 Å². The number of nitrogens with zero attached hydrogens (tertiary/aromatic N) is 2. The van der Waals surface area contributed by atoms with Crippen LogP contribution in [0, 0.1) is 0 Å². The third-order valence-electron chi connectivity index (χ3n) is 19.8. The number of unbranched alkanes of at least 4 members (excludes halogenated alkanes) is 52. The van der Waals surface area contributed by atoms with E-state index in [-0.39, 0.29) is 0 Å². The van der Waals surface area contributed by atoms with Crippen LogP contribution >= 0.6 is 0 Å². The number of hydrogen-bond acceptors (Lipinski definition) is 0. The first kappa shape index (κ1) is 84.1. The normalized spacial score (nSPS) is 12.5. The summed E-state index contributed by atoms with van der Waals surface area (Å²) in [7, 11) is 0. The Hall–Kier alpha value is -1.99. The van der Waals surface area contributed by atoms with E-state index in [4.69, 9.17) is 0 Å². The number of allylic oxidation sites excluding steroid dienone is 2. The molecule has 0 N–H and O–H groups in total. The summed E-state index contributed by atoms with van der Waals surface area (Å²) in [6, 6.07) is 14.1. The van der Waals surface area contributed by atoms with Gasteiger partial charge >= 0.3 is 166 Å². The second-order valence-electron chi connectivity index (χ2n) is 28.8. The topological polar surface area (TPSA) is 25.3 Å². The Labute approximate surface area is 571 Å². The van der Waals surface area contributed by atoms with E-state index in [0.29, 0.717) is 0 Å². The van der Waals surface area contributed by atoms with E-state index < -0.39 is 0 Å². The molecule has 2 nitrogen and oxygen atoms in total. The molecule has 0 saturated heterocycles. The Morgan fingerprint density at radius 1 is 0.256 bits per heavy atom. The van der Waals surface area contributed by atoms with E-state index >= 15 is 0 Å². The molecule has 0 unspecified atom stereocenters. The first-order valence-corrected chi connectivity index (χ1v) is 42.4. The average molecular weight is 1290 g/mol. The van der Waals surface area contributed by atoms with Crippen molar-refractivity contribution in [2.24, 2.45) is 0 Å². The Morgan fingerprint density at radius 3 is 0.722 bits per heavy atom. The van der Waals surface area contributed by atoms with Crippen LogP contribution in [0.1, 0.15) is 454 Å². The van der Waals surface area contributed by atoms with Gasteiger partial charge in [0, 0.05) is 22.8 Å². The summed E-state index contributed by atoms with van der Waals surface area (Å²) >= 11 is 2.05. The molecule has 0 fully saturated rings. The fourth-order valence-corrected chi connectivity index (χ4v) is 15.0. The molecule has 0 amide bonds. The zero-order valence-corrected chi connectivity index (χ0v) is 63.0. The minimum atomic E-state index is 0.913. The molecule has 2 aromatic carbocycles. The molecular weight excluding hydrogens is 1130 g/mol. The van der Waals surface area contributed by atoms with Crippen molar-refractivity contribution in [3.8, 4) is 0 Å². The average Bonchev–Trinajstić information content (AvgIpc) is 1.63. The van der Waals surface area contributed by atoms with Gasteiger partial charge in [0.15, 0.2) is 0 Å². The number of rotatable bonds is 66. The molecule has 0 radical (unpaired) electrons. The number of hydrogen-bond donors (Lipinski definition) is 0. The van der Waals surface area contributed by atoms with Gasteiger partial charge in [-0.3, -0.25) is 0 Å². The Balaban J connectivity index is 0.000000633. The van der Waals surface area contributed by atoms with Crippen LogP contribution in [-0.2, 0) is 40.1 Å². The monoisotopic (exact) mass is 1290 g/mol. The number of aryl methyl sites for hydroxylation is 4. The van der Waals surface area contributed by atoms with Crippen molar-refractivity contribution in [1.29, 1.82) is 0 Å². The van der Waals surface area contributed by atoms with Gasteiger partial charge in [0.1, 0.15) is 0 Å². The minimum Gasteiger partial charge on any atom is -0.493 e. The summed E-state index contributed by atoms with van der Waals surface area (Å²) in [5.74, 6) is 0. The Kier molecular flexibility index (Phi) is 60.1. The van der Waals surface area contributed by atoms with Crippen LogP contribution in [0.25, 0.3) is 16.9 Å². The van der Waals surface area contributed by atoms with Crippen LogP contribution in [0.2, 0.25) is 10.8 Å². The molecule has 3 heteroatoms. The molecule has 3 rings (SSSR count). The van der Waals surface area contributed by atoms with E-state index in [9.17, 15) is 5.53 Å². The van der Waals surface area contributed by atoms with Crippen LogP contribution in [0.15, 0.2) is 48.0 Å². The second-order valence-corrected chi connectivity index (χ2v) is 30.3. The van der Waals surface area contributed by atoms with E-state index in [1.54, 1.807) is 0 Å². The van der Waals surface area contributed by atoms with Crippen molar-refractivity contribution in [1.82, 2.24) is 0 Å². The zero-order valence-electron chi connectivity index (χ0n) is 62.0. The molecule has 1 aliphatic rings. The first-order chi connectivity index (χ1) is 44.4. The van der Waals surface area contributed by atoms with Crippen molar-refractivity contribution >= 4 is 11.4 Å². The molecule has 0 bridgehead atoms. The molecule has 0 spiro atoms. The third kappa shape index (κ3) is 47.8. The van der Waals surface area contributed by atoms with Gasteiger partial charge in [0.05, 0.1) is 0 Å². The standard InChI is InChI=1S/C37H54N2.2C25H51.Ni/c1-6-10-14-16-20-32-24-33(21-17-15-11-7-2)28-35(27-32)37-29(5)22-36(39(37)38)34-25-30(18-12-8-3)23-31(26-34)19-13-9-4;2*1-3-5-7-9-11-13-15-17-19-21-23-25-24-22-20-18-16-14-12-10-8-6-4-2;/h22-28H,6-21H2,1-5H3;2*1,3-25H2,2H3;. The summed E-state index contributed by atoms with van der Waals surface area (Å²) in [4.78, 5) is 0. The number of benzene rings is 2. The summed E-state index contributed by atoms with van der Waals surface area (Å²) in [6.45, 7) is 15.8. The quantitative estimate of drug-likeness (QED) is 0.0358. The van der Waals surface area contributed by atoms with Crippen LogP contribution in [0.5, 0.6) is 0 Å². The van der Waals surface area contributed by atoms with Gasteiger partial charge in [-0.25, -0.2) is 4.70 Å². The molecule has 0 aliphatic carbocycles. The van der Waals surface area contributed by atoms with Gasteiger partial charge in [-0.15, -0.1) is 0 Å². The van der Waals surface area contributed by atoms with Crippen LogP contribution < -0.4 is 0 Å². The molecule has 0 saturated carbocycles.